The van der Waals surface area contributed by atoms with Crippen LogP contribution in [0.4, 0.5) is 9.18 Å². The number of hydrogen-bond donors (Lipinski definition) is 0. The molecular weight excluding hydrogens is 436 g/mol. The van der Waals surface area contributed by atoms with E-state index in [1.54, 1.807) is 12.1 Å². The first kappa shape index (κ1) is 20.3. The van der Waals surface area contributed by atoms with Crippen LogP contribution in [0.5, 0.6) is 5.75 Å². The summed E-state index contributed by atoms with van der Waals surface area (Å²) in [5.74, 6) is 0.575. The molecule has 6 heteroatoms. The van der Waals surface area contributed by atoms with Gasteiger partial charge in [0.1, 0.15) is 17.2 Å². The molecule has 1 heterocycles. The largest absolute Gasteiger partial charge is 0.493 e. The molecule has 3 atom stereocenters. The molecule has 0 spiro atoms. The minimum atomic E-state index is -0.511. The van der Waals surface area contributed by atoms with Gasteiger partial charge in [0, 0.05) is 12.0 Å². The number of carbonyl (C=O) groups excluding carboxylic acids is 1. The van der Waals surface area contributed by atoms with Crippen molar-refractivity contribution in [1.29, 1.82) is 0 Å². The van der Waals surface area contributed by atoms with Gasteiger partial charge in [-0.15, -0.1) is 0 Å². The monoisotopic (exact) mass is 463 g/mol. The van der Waals surface area contributed by atoms with Crippen LogP contribution in [0.3, 0.4) is 0 Å². The number of amides is 1. The molecule has 2 unspecified atom stereocenters. The summed E-state index contributed by atoms with van der Waals surface area (Å²) >= 11 is 2.32. The molecule has 1 amide bonds. The Morgan fingerprint density at radius 2 is 1.92 bits per heavy atom. The van der Waals surface area contributed by atoms with Crippen LogP contribution < -0.4 is 4.74 Å². The van der Waals surface area contributed by atoms with Crippen molar-refractivity contribution in [3.8, 4) is 5.75 Å². The first-order valence-corrected chi connectivity index (χ1v) is 9.99. The number of halogens is 2. The Morgan fingerprint density at radius 3 is 2.48 bits per heavy atom. The highest BCUT2D eigenvalue weighted by Gasteiger charge is 2.40. The Balaban J connectivity index is 2.03. The number of nitrogens with zero attached hydrogens (tertiary/aromatic N) is 1. The summed E-state index contributed by atoms with van der Waals surface area (Å²) in [4.78, 5) is 14.5. The van der Waals surface area contributed by atoms with Gasteiger partial charge in [0.25, 0.3) is 0 Å². The number of rotatable bonds is 4. The summed E-state index contributed by atoms with van der Waals surface area (Å²) < 4.78 is 24.4. The molecule has 25 heavy (non-hydrogen) atoms. The van der Waals surface area contributed by atoms with Crippen LogP contribution in [0.25, 0.3) is 0 Å². The fourth-order valence-corrected chi connectivity index (χ4v) is 4.22. The maximum absolute atomic E-state index is 13.0. The number of benzene rings is 1. The predicted octanol–water partition coefficient (Wildman–Crippen LogP) is 5.39. The van der Waals surface area contributed by atoms with Gasteiger partial charge in [-0.25, -0.2) is 9.18 Å². The molecule has 1 fully saturated rings. The fraction of sp³-hybridized carbons (Fsp3) is 0.632. The van der Waals surface area contributed by atoms with E-state index >= 15 is 0 Å². The van der Waals surface area contributed by atoms with Gasteiger partial charge in [0.05, 0.1) is 10.7 Å². The highest BCUT2D eigenvalue weighted by atomic mass is 127. The highest BCUT2D eigenvalue weighted by Crippen LogP contribution is 2.35. The lowest BCUT2D eigenvalue weighted by Gasteiger charge is -2.43. The zero-order chi connectivity index (χ0) is 18.6. The van der Waals surface area contributed by atoms with Crippen LogP contribution in [0.2, 0.25) is 0 Å². The Bertz CT molecular complexity index is 573. The van der Waals surface area contributed by atoms with E-state index in [0.29, 0.717) is 12.4 Å². The zero-order valence-corrected chi connectivity index (χ0v) is 17.5. The van der Waals surface area contributed by atoms with Crippen LogP contribution in [0, 0.1) is 11.7 Å². The van der Waals surface area contributed by atoms with E-state index in [1.165, 1.54) is 12.1 Å². The fourth-order valence-electron chi connectivity index (χ4n) is 2.97. The van der Waals surface area contributed by atoms with Crippen LogP contribution in [-0.2, 0) is 4.74 Å². The first-order chi connectivity index (χ1) is 11.7. The van der Waals surface area contributed by atoms with Crippen molar-refractivity contribution in [1.82, 2.24) is 4.90 Å². The minimum absolute atomic E-state index is 0.00611. The Morgan fingerprint density at radius 1 is 1.28 bits per heavy atom. The number of carbonyl (C=O) groups is 1. The molecule has 0 saturated carbocycles. The molecule has 0 aliphatic carbocycles. The Hall–Kier alpha value is -1.05. The zero-order valence-electron chi connectivity index (χ0n) is 15.3. The molecule has 1 aliphatic heterocycles. The van der Waals surface area contributed by atoms with Gasteiger partial charge in [-0.2, -0.15) is 0 Å². The molecular formula is C19H27FINO3. The average Bonchev–Trinajstić information content (AvgIpc) is 2.53. The average molecular weight is 463 g/mol. The summed E-state index contributed by atoms with van der Waals surface area (Å²) in [5, 5.41) is 0. The van der Waals surface area contributed by atoms with Crippen molar-refractivity contribution in [2.75, 3.05) is 6.61 Å². The van der Waals surface area contributed by atoms with Crippen molar-refractivity contribution in [3.05, 3.63) is 30.1 Å². The SMILES string of the molecule is CCC1CC[C@@H](COc2ccc(F)cc2)C(I)N1C(=O)OC(C)(C)C. The molecule has 0 radical (unpaired) electrons. The summed E-state index contributed by atoms with van der Waals surface area (Å²) in [5.41, 5.74) is -0.511. The predicted molar refractivity (Wildman–Crippen MR) is 105 cm³/mol. The van der Waals surface area contributed by atoms with E-state index in [4.69, 9.17) is 9.47 Å². The molecule has 4 nitrogen and oxygen atoms in total. The molecule has 140 valence electrons. The minimum Gasteiger partial charge on any atom is -0.493 e. The van der Waals surface area contributed by atoms with Crippen molar-refractivity contribution < 1.29 is 18.7 Å². The second-order valence-corrected chi connectivity index (χ2v) is 8.70. The second-order valence-electron chi connectivity index (χ2n) is 7.42. The van der Waals surface area contributed by atoms with Gasteiger partial charge in [-0.05, 0) is 64.3 Å². The summed E-state index contributed by atoms with van der Waals surface area (Å²) in [6.07, 6.45) is 2.58. The third-order valence-corrected chi connectivity index (χ3v) is 5.89. The molecule has 0 aromatic heterocycles. The van der Waals surface area contributed by atoms with Crippen LogP contribution in [0.1, 0.15) is 47.0 Å². The van der Waals surface area contributed by atoms with E-state index in [-0.39, 0.29) is 27.9 Å². The molecule has 1 aromatic rings. The third-order valence-electron chi connectivity index (χ3n) is 4.27. The molecule has 1 saturated heterocycles. The van der Waals surface area contributed by atoms with Crippen LogP contribution in [-0.4, -0.2) is 33.3 Å². The lowest BCUT2D eigenvalue weighted by Crippen LogP contribution is -2.53. The topological polar surface area (TPSA) is 38.8 Å². The van der Waals surface area contributed by atoms with Gasteiger partial charge in [-0.1, -0.05) is 29.5 Å². The molecule has 0 N–H and O–H groups in total. The molecule has 0 bridgehead atoms. The third kappa shape index (κ3) is 5.72. The van der Waals surface area contributed by atoms with Gasteiger partial charge in [0.2, 0.25) is 0 Å². The Kier molecular flexibility index (Phi) is 6.93. The van der Waals surface area contributed by atoms with Gasteiger partial charge in [-0.3, -0.25) is 4.90 Å². The lowest BCUT2D eigenvalue weighted by atomic mass is 9.92. The number of hydrogen-bond acceptors (Lipinski definition) is 3. The van der Waals surface area contributed by atoms with E-state index in [2.05, 4.69) is 29.5 Å². The van der Waals surface area contributed by atoms with Gasteiger partial charge >= 0.3 is 6.09 Å². The maximum atomic E-state index is 13.0. The number of likely N-dealkylation sites (tertiary alicyclic amines) is 1. The first-order valence-electron chi connectivity index (χ1n) is 8.75. The standard InChI is InChI=1S/C19H27FINO3/c1-5-15-9-6-13(12-24-16-10-7-14(20)8-11-16)17(21)22(15)18(23)25-19(2,3)4/h7-8,10-11,13,15,17H,5-6,9,12H2,1-4H3/t13-,15?,17?/m0/s1. The maximum Gasteiger partial charge on any atom is 0.411 e. The van der Waals surface area contributed by atoms with E-state index in [9.17, 15) is 9.18 Å². The van der Waals surface area contributed by atoms with Crippen molar-refractivity contribution in [2.45, 2.75) is 62.6 Å². The normalized spacial score (nSPS) is 24.1. The number of alkyl halides is 1. The molecule has 2 rings (SSSR count). The van der Waals surface area contributed by atoms with Crippen molar-refractivity contribution in [2.24, 2.45) is 5.92 Å². The van der Waals surface area contributed by atoms with Crippen molar-refractivity contribution in [3.63, 3.8) is 0 Å². The van der Waals surface area contributed by atoms with E-state index in [1.807, 2.05) is 25.7 Å². The smallest absolute Gasteiger partial charge is 0.411 e. The highest BCUT2D eigenvalue weighted by molar-refractivity contribution is 14.1. The summed E-state index contributed by atoms with van der Waals surface area (Å²) in [7, 11) is 0. The van der Waals surface area contributed by atoms with Crippen LogP contribution in [0.15, 0.2) is 24.3 Å². The van der Waals surface area contributed by atoms with Gasteiger partial charge in [0.15, 0.2) is 0 Å². The summed E-state index contributed by atoms with van der Waals surface area (Å²) in [6.45, 7) is 8.24. The molecule has 1 aromatic carbocycles. The van der Waals surface area contributed by atoms with E-state index < -0.39 is 5.60 Å². The Labute approximate surface area is 163 Å². The quantitative estimate of drug-likeness (QED) is 0.342. The van der Waals surface area contributed by atoms with Crippen molar-refractivity contribution >= 4 is 28.7 Å². The van der Waals surface area contributed by atoms with Crippen LogP contribution >= 0.6 is 22.6 Å². The number of piperidine rings is 1. The molecule has 1 aliphatic rings. The second kappa shape index (κ2) is 8.56. The van der Waals surface area contributed by atoms with Gasteiger partial charge < -0.3 is 9.47 Å². The van der Waals surface area contributed by atoms with E-state index in [0.717, 1.165) is 19.3 Å². The summed E-state index contributed by atoms with van der Waals surface area (Å²) in [6, 6.07) is 6.22. The lowest BCUT2D eigenvalue weighted by molar-refractivity contribution is -0.00446. The number of ether oxygens (including phenoxy) is 2.